The number of rotatable bonds is 3. The molecule has 3 aliphatic heterocycles. The Kier molecular flexibility index (Phi) is 3.30. The molecule has 2 bridgehead atoms. The summed E-state index contributed by atoms with van der Waals surface area (Å²) in [5.41, 5.74) is 1.75. The van der Waals surface area contributed by atoms with Crippen molar-refractivity contribution in [2.24, 2.45) is 5.92 Å². The van der Waals surface area contributed by atoms with Crippen LogP contribution in [0, 0.1) is 5.92 Å². The van der Waals surface area contributed by atoms with Crippen LogP contribution in [-0.4, -0.2) is 56.5 Å². The first-order valence-corrected chi connectivity index (χ1v) is 8.55. The van der Waals surface area contributed by atoms with Gasteiger partial charge in [0, 0.05) is 12.6 Å². The molecule has 6 rings (SSSR count). The third-order valence-electron chi connectivity index (χ3n) is 5.32. The zero-order chi connectivity index (χ0) is 16.8. The van der Waals surface area contributed by atoms with Gasteiger partial charge in [0.05, 0.1) is 24.0 Å². The molecule has 1 amide bonds. The van der Waals surface area contributed by atoms with Crippen LogP contribution < -0.4 is 5.32 Å². The normalized spacial score (nSPS) is 25.4. The fourth-order valence-corrected chi connectivity index (χ4v) is 3.93. The summed E-state index contributed by atoms with van der Waals surface area (Å²) < 4.78 is 7.12. The highest BCUT2D eigenvalue weighted by molar-refractivity contribution is 5.97. The van der Waals surface area contributed by atoms with Gasteiger partial charge in [-0.1, -0.05) is 5.21 Å². The molecule has 3 aliphatic rings. The average molecular weight is 338 g/mol. The van der Waals surface area contributed by atoms with E-state index in [4.69, 9.17) is 4.42 Å². The lowest BCUT2D eigenvalue weighted by Gasteiger charge is -2.44. The molecule has 0 spiro atoms. The molecule has 1 N–H and O–H groups in total. The van der Waals surface area contributed by atoms with Crippen molar-refractivity contribution in [1.82, 2.24) is 30.2 Å². The first kappa shape index (κ1) is 14.6. The number of fused-ring (bicyclic) bond motifs is 4. The number of nitrogens with zero attached hydrogens (tertiary/aromatic N) is 5. The molecule has 0 aliphatic carbocycles. The van der Waals surface area contributed by atoms with Crippen LogP contribution in [0.1, 0.15) is 23.3 Å². The number of carbonyl (C=O) groups excluding carboxylic acids is 1. The fourth-order valence-electron chi connectivity index (χ4n) is 3.93. The van der Waals surface area contributed by atoms with Gasteiger partial charge in [0.2, 0.25) is 0 Å². The third kappa shape index (κ3) is 2.49. The minimum Gasteiger partial charge on any atom is -0.460 e. The van der Waals surface area contributed by atoms with Crippen LogP contribution in [0.3, 0.4) is 0 Å². The van der Waals surface area contributed by atoms with Gasteiger partial charge < -0.3 is 14.6 Å². The standard InChI is InChI=1S/C17H18N6O2/c24-17(20-14-9-22-4-1-11(14)2-5-22)13-7-12-15(23-6-3-19-21-23)10-25-16(12)8-18-13/h3,6-8,10-11,14H,1-2,4-5,9H2,(H,20,24). The Bertz CT molecular complexity index is 911. The summed E-state index contributed by atoms with van der Waals surface area (Å²) in [4.78, 5) is 19.4. The lowest BCUT2D eigenvalue weighted by atomic mass is 9.84. The van der Waals surface area contributed by atoms with Crippen LogP contribution in [0.15, 0.2) is 35.3 Å². The van der Waals surface area contributed by atoms with E-state index in [1.807, 2.05) is 0 Å². The summed E-state index contributed by atoms with van der Waals surface area (Å²) in [5.74, 6) is 0.448. The third-order valence-corrected chi connectivity index (χ3v) is 5.32. The Hall–Kier alpha value is -2.74. The fraction of sp³-hybridized carbons (Fsp3) is 0.412. The lowest BCUT2D eigenvalue weighted by molar-refractivity contribution is 0.0618. The van der Waals surface area contributed by atoms with Crippen LogP contribution in [0.25, 0.3) is 16.7 Å². The van der Waals surface area contributed by atoms with E-state index in [1.165, 1.54) is 0 Å². The van der Waals surface area contributed by atoms with Crippen LogP contribution in [0.4, 0.5) is 0 Å². The maximum Gasteiger partial charge on any atom is 0.270 e. The van der Waals surface area contributed by atoms with Crippen molar-refractivity contribution in [1.29, 1.82) is 0 Å². The van der Waals surface area contributed by atoms with E-state index >= 15 is 0 Å². The Morgan fingerprint density at radius 2 is 2.20 bits per heavy atom. The van der Waals surface area contributed by atoms with E-state index in [-0.39, 0.29) is 11.9 Å². The van der Waals surface area contributed by atoms with Gasteiger partial charge in [0.25, 0.3) is 5.91 Å². The summed E-state index contributed by atoms with van der Waals surface area (Å²) in [5, 5.41) is 11.8. The molecule has 1 unspecified atom stereocenters. The second-order valence-electron chi connectivity index (χ2n) is 6.75. The first-order chi connectivity index (χ1) is 12.3. The van der Waals surface area contributed by atoms with E-state index in [1.54, 1.807) is 35.6 Å². The molecule has 0 aromatic carbocycles. The van der Waals surface area contributed by atoms with Crippen LogP contribution in [0.5, 0.6) is 0 Å². The number of piperidine rings is 3. The van der Waals surface area contributed by atoms with Crippen LogP contribution in [-0.2, 0) is 0 Å². The molecular weight excluding hydrogens is 320 g/mol. The van der Waals surface area contributed by atoms with Crippen molar-refractivity contribution in [3.8, 4) is 5.69 Å². The van der Waals surface area contributed by atoms with Crippen LogP contribution >= 0.6 is 0 Å². The largest absolute Gasteiger partial charge is 0.460 e. The van der Waals surface area contributed by atoms with Crippen molar-refractivity contribution in [3.63, 3.8) is 0 Å². The number of pyridine rings is 1. The van der Waals surface area contributed by atoms with Gasteiger partial charge >= 0.3 is 0 Å². The maximum absolute atomic E-state index is 12.7. The number of furan rings is 1. The number of carbonyl (C=O) groups is 1. The van der Waals surface area contributed by atoms with E-state index < -0.39 is 0 Å². The average Bonchev–Trinajstić information content (AvgIpc) is 3.31. The molecule has 3 fully saturated rings. The molecule has 8 heteroatoms. The summed E-state index contributed by atoms with van der Waals surface area (Å²) >= 11 is 0. The minimum atomic E-state index is -0.133. The SMILES string of the molecule is O=C(NC1CN2CCC1CC2)c1cc2c(-n3ccnn3)coc2cn1. The van der Waals surface area contributed by atoms with Gasteiger partial charge in [-0.3, -0.25) is 4.79 Å². The molecule has 128 valence electrons. The smallest absolute Gasteiger partial charge is 0.270 e. The molecule has 3 aromatic heterocycles. The molecular formula is C17H18N6O2. The Morgan fingerprint density at radius 1 is 1.32 bits per heavy atom. The molecule has 8 nitrogen and oxygen atoms in total. The summed E-state index contributed by atoms with van der Waals surface area (Å²) in [6.07, 6.45) is 8.83. The monoisotopic (exact) mass is 338 g/mol. The second-order valence-corrected chi connectivity index (χ2v) is 6.75. The number of amides is 1. The summed E-state index contributed by atoms with van der Waals surface area (Å²) in [6, 6.07) is 1.97. The number of hydrogen-bond acceptors (Lipinski definition) is 6. The predicted molar refractivity (Wildman–Crippen MR) is 89.3 cm³/mol. The van der Waals surface area contributed by atoms with Gasteiger partial charge in [-0.25, -0.2) is 9.67 Å². The second kappa shape index (κ2) is 5.66. The zero-order valence-electron chi connectivity index (χ0n) is 13.6. The predicted octanol–water partition coefficient (Wildman–Crippen LogP) is 1.23. The Morgan fingerprint density at radius 3 is 2.92 bits per heavy atom. The van der Waals surface area contributed by atoms with Gasteiger partial charge in [-0.2, -0.15) is 0 Å². The maximum atomic E-state index is 12.7. The van der Waals surface area contributed by atoms with E-state index in [0.717, 1.165) is 43.5 Å². The number of aromatic nitrogens is 4. The van der Waals surface area contributed by atoms with Crippen molar-refractivity contribution in [2.45, 2.75) is 18.9 Å². The Balaban J connectivity index is 1.42. The van der Waals surface area contributed by atoms with Gasteiger partial charge in [-0.15, -0.1) is 5.10 Å². The highest BCUT2D eigenvalue weighted by Crippen LogP contribution is 2.28. The quantitative estimate of drug-likeness (QED) is 0.773. The molecule has 0 saturated carbocycles. The van der Waals surface area contributed by atoms with E-state index in [2.05, 4.69) is 25.5 Å². The van der Waals surface area contributed by atoms with Crippen molar-refractivity contribution in [2.75, 3.05) is 19.6 Å². The molecule has 1 atom stereocenters. The van der Waals surface area contributed by atoms with Crippen LogP contribution in [0.2, 0.25) is 0 Å². The number of nitrogens with one attached hydrogen (secondary N) is 1. The van der Waals surface area contributed by atoms with Crippen molar-refractivity contribution in [3.05, 3.63) is 36.6 Å². The molecule has 0 radical (unpaired) electrons. The lowest BCUT2D eigenvalue weighted by Crippen LogP contribution is -2.57. The molecule has 3 saturated heterocycles. The molecule has 6 heterocycles. The van der Waals surface area contributed by atoms with Gasteiger partial charge in [-0.05, 0) is 37.9 Å². The first-order valence-electron chi connectivity index (χ1n) is 8.55. The highest BCUT2D eigenvalue weighted by Gasteiger charge is 2.35. The topological polar surface area (TPSA) is 89.1 Å². The van der Waals surface area contributed by atoms with E-state index in [0.29, 0.717) is 17.2 Å². The number of hydrogen-bond donors (Lipinski definition) is 1. The molecule has 3 aromatic rings. The van der Waals surface area contributed by atoms with Gasteiger partial charge in [0.1, 0.15) is 17.6 Å². The van der Waals surface area contributed by atoms with Gasteiger partial charge in [0.15, 0.2) is 5.58 Å². The summed E-state index contributed by atoms with van der Waals surface area (Å²) in [6.45, 7) is 3.24. The molecule has 25 heavy (non-hydrogen) atoms. The Labute approximate surface area is 143 Å². The van der Waals surface area contributed by atoms with Crippen molar-refractivity contribution < 1.29 is 9.21 Å². The summed E-state index contributed by atoms with van der Waals surface area (Å²) in [7, 11) is 0. The minimum absolute atomic E-state index is 0.133. The highest BCUT2D eigenvalue weighted by atomic mass is 16.3. The van der Waals surface area contributed by atoms with E-state index in [9.17, 15) is 4.79 Å². The zero-order valence-corrected chi connectivity index (χ0v) is 13.6. The van der Waals surface area contributed by atoms with Crippen molar-refractivity contribution >= 4 is 16.9 Å².